The zero-order valence-electron chi connectivity index (χ0n) is 14.9. The lowest BCUT2D eigenvalue weighted by Crippen LogP contribution is -2.50. The van der Waals surface area contributed by atoms with Crippen molar-refractivity contribution in [3.63, 3.8) is 0 Å². The fourth-order valence-electron chi connectivity index (χ4n) is 3.65. The molecule has 1 aliphatic heterocycles. The molecule has 0 aromatic heterocycles. The van der Waals surface area contributed by atoms with Crippen molar-refractivity contribution in [3.05, 3.63) is 0 Å². The minimum Gasteiger partial charge on any atom is -0.314 e. The van der Waals surface area contributed by atoms with Crippen LogP contribution < -0.4 is 21.3 Å². The molecule has 1 heterocycles. The van der Waals surface area contributed by atoms with Gasteiger partial charge in [-0.15, -0.1) is 0 Å². The van der Waals surface area contributed by atoms with E-state index in [2.05, 4.69) is 21.3 Å². The van der Waals surface area contributed by atoms with Crippen molar-refractivity contribution < 1.29 is 0 Å². The maximum atomic E-state index is 7.03. The first kappa shape index (κ1) is 20.7. The molecule has 0 aromatic rings. The van der Waals surface area contributed by atoms with Gasteiger partial charge in [0.1, 0.15) is 5.00 Å². The molecule has 4 N–H and O–H groups in total. The summed E-state index contributed by atoms with van der Waals surface area (Å²) in [7, 11) is 0. The number of hydrogen-bond donors (Lipinski definition) is 4. The molecule has 0 bridgehead atoms. The standard InChI is InChI=1S/C17H35Cl2N5/c18-17(14-16-4-2-1-3-5-16)15-23-11-10-21-7-6-20-8-9-22-12-13-24(17)19/h16,20-23H,1-15H2. The summed E-state index contributed by atoms with van der Waals surface area (Å²) < 4.78 is 1.84. The fraction of sp³-hybridized carbons (Fsp3) is 1.00. The third-order valence-corrected chi connectivity index (χ3v) is 6.15. The summed E-state index contributed by atoms with van der Waals surface area (Å²) in [5.41, 5.74) is 0. The quantitative estimate of drug-likeness (QED) is 0.334. The van der Waals surface area contributed by atoms with Crippen LogP contribution in [-0.4, -0.2) is 68.3 Å². The molecule has 1 saturated carbocycles. The predicted octanol–water partition coefficient (Wildman–Crippen LogP) is 1.72. The average molecular weight is 380 g/mol. The van der Waals surface area contributed by atoms with Gasteiger partial charge >= 0.3 is 0 Å². The van der Waals surface area contributed by atoms with Crippen LogP contribution in [0.5, 0.6) is 0 Å². The number of hydrogen-bond acceptors (Lipinski definition) is 5. The van der Waals surface area contributed by atoms with E-state index in [0.29, 0.717) is 5.92 Å². The Morgan fingerprint density at radius 3 is 1.96 bits per heavy atom. The Kier molecular flexibility index (Phi) is 10.3. The zero-order chi connectivity index (χ0) is 17.1. The molecule has 1 atom stereocenters. The molecule has 5 nitrogen and oxygen atoms in total. The van der Waals surface area contributed by atoms with E-state index >= 15 is 0 Å². The van der Waals surface area contributed by atoms with Crippen molar-refractivity contribution in [1.29, 1.82) is 0 Å². The average Bonchev–Trinajstić information content (AvgIpc) is 2.59. The molecule has 24 heavy (non-hydrogen) atoms. The van der Waals surface area contributed by atoms with Crippen molar-refractivity contribution in [3.8, 4) is 0 Å². The van der Waals surface area contributed by atoms with Crippen LogP contribution in [0.25, 0.3) is 0 Å². The first-order valence-corrected chi connectivity index (χ1v) is 10.4. The lowest BCUT2D eigenvalue weighted by atomic mass is 9.84. The van der Waals surface area contributed by atoms with E-state index in [4.69, 9.17) is 23.4 Å². The largest absolute Gasteiger partial charge is 0.314 e. The van der Waals surface area contributed by atoms with Crippen LogP contribution >= 0.6 is 23.4 Å². The molecule has 2 rings (SSSR count). The van der Waals surface area contributed by atoms with E-state index in [9.17, 15) is 0 Å². The first-order chi connectivity index (χ1) is 11.7. The molecule has 0 radical (unpaired) electrons. The monoisotopic (exact) mass is 379 g/mol. The van der Waals surface area contributed by atoms with Gasteiger partial charge in [0.25, 0.3) is 0 Å². The smallest absolute Gasteiger partial charge is 0.122 e. The molecule has 1 aliphatic carbocycles. The second kappa shape index (κ2) is 11.9. The molecule has 2 aliphatic rings. The van der Waals surface area contributed by atoms with Crippen molar-refractivity contribution in [2.75, 3.05) is 58.9 Å². The Labute approximate surface area is 157 Å². The molecule has 2 fully saturated rings. The maximum absolute atomic E-state index is 7.03. The van der Waals surface area contributed by atoms with Crippen molar-refractivity contribution in [2.45, 2.75) is 43.5 Å². The van der Waals surface area contributed by atoms with Crippen LogP contribution in [0.4, 0.5) is 0 Å². The highest BCUT2D eigenvalue weighted by Crippen LogP contribution is 2.36. The summed E-state index contributed by atoms with van der Waals surface area (Å²) in [5.74, 6) is 0.705. The maximum Gasteiger partial charge on any atom is 0.122 e. The van der Waals surface area contributed by atoms with Crippen molar-refractivity contribution in [2.24, 2.45) is 5.92 Å². The van der Waals surface area contributed by atoms with Gasteiger partial charge < -0.3 is 21.3 Å². The minimum atomic E-state index is -0.496. The fourth-order valence-corrected chi connectivity index (χ4v) is 4.26. The van der Waals surface area contributed by atoms with Gasteiger partial charge in [-0.2, -0.15) is 4.42 Å². The molecular weight excluding hydrogens is 345 g/mol. The number of nitrogens with zero attached hydrogens (tertiary/aromatic N) is 1. The third-order valence-electron chi connectivity index (χ3n) is 5.08. The molecule has 1 saturated heterocycles. The van der Waals surface area contributed by atoms with E-state index in [1.165, 1.54) is 32.1 Å². The zero-order valence-corrected chi connectivity index (χ0v) is 16.4. The van der Waals surface area contributed by atoms with Gasteiger partial charge in [-0.1, -0.05) is 43.7 Å². The molecule has 0 aromatic carbocycles. The lowest BCUT2D eigenvalue weighted by molar-refractivity contribution is 0.204. The van der Waals surface area contributed by atoms with Crippen LogP contribution in [0, 0.1) is 5.92 Å². The van der Waals surface area contributed by atoms with Gasteiger partial charge in [0, 0.05) is 58.9 Å². The molecule has 1 unspecified atom stereocenters. The Balaban J connectivity index is 1.88. The Morgan fingerprint density at radius 2 is 1.33 bits per heavy atom. The van der Waals surface area contributed by atoms with Gasteiger partial charge in [0.2, 0.25) is 0 Å². The van der Waals surface area contributed by atoms with Crippen LogP contribution in [0.15, 0.2) is 0 Å². The van der Waals surface area contributed by atoms with Crippen LogP contribution in [0.1, 0.15) is 38.5 Å². The normalized spacial score (nSPS) is 31.2. The highest BCUT2D eigenvalue weighted by molar-refractivity contribution is 6.28. The Hall–Kier alpha value is 0.380. The van der Waals surface area contributed by atoms with E-state index in [1.54, 1.807) is 0 Å². The molecular formula is C17H35Cl2N5. The number of nitrogens with one attached hydrogen (secondary N) is 4. The van der Waals surface area contributed by atoms with Gasteiger partial charge in [-0.05, 0) is 24.1 Å². The second-order valence-corrected chi connectivity index (χ2v) is 8.25. The highest BCUT2D eigenvalue weighted by atomic mass is 35.5. The number of halogens is 2. The lowest BCUT2D eigenvalue weighted by Gasteiger charge is -2.38. The van der Waals surface area contributed by atoms with Gasteiger partial charge in [-0.3, -0.25) is 0 Å². The van der Waals surface area contributed by atoms with E-state index < -0.39 is 5.00 Å². The van der Waals surface area contributed by atoms with Crippen LogP contribution in [0.3, 0.4) is 0 Å². The second-order valence-electron chi connectivity index (χ2n) is 7.14. The molecule has 7 heteroatoms. The molecule has 0 spiro atoms. The summed E-state index contributed by atoms with van der Waals surface area (Å²) >= 11 is 13.7. The summed E-state index contributed by atoms with van der Waals surface area (Å²) in [6.07, 6.45) is 7.62. The predicted molar refractivity (Wildman–Crippen MR) is 104 cm³/mol. The van der Waals surface area contributed by atoms with Crippen LogP contribution in [-0.2, 0) is 0 Å². The summed E-state index contributed by atoms with van der Waals surface area (Å²) in [6, 6.07) is 0. The topological polar surface area (TPSA) is 51.4 Å². The summed E-state index contributed by atoms with van der Waals surface area (Å²) in [6.45, 7) is 8.18. The summed E-state index contributed by atoms with van der Waals surface area (Å²) in [4.78, 5) is -0.496. The third kappa shape index (κ3) is 7.73. The van der Waals surface area contributed by atoms with E-state index in [0.717, 1.165) is 65.3 Å². The van der Waals surface area contributed by atoms with Gasteiger partial charge in [0.15, 0.2) is 0 Å². The van der Waals surface area contributed by atoms with Crippen molar-refractivity contribution >= 4 is 23.4 Å². The van der Waals surface area contributed by atoms with E-state index in [-0.39, 0.29) is 0 Å². The number of alkyl halides is 1. The van der Waals surface area contributed by atoms with Gasteiger partial charge in [0.05, 0.1) is 0 Å². The molecule has 142 valence electrons. The Morgan fingerprint density at radius 1 is 0.792 bits per heavy atom. The van der Waals surface area contributed by atoms with Crippen LogP contribution in [0.2, 0.25) is 0 Å². The Bertz CT molecular complexity index is 328. The van der Waals surface area contributed by atoms with Crippen molar-refractivity contribution in [1.82, 2.24) is 25.7 Å². The molecule has 0 amide bonds. The van der Waals surface area contributed by atoms with Gasteiger partial charge in [-0.25, -0.2) is 0 Å². The highest BCUT2D eigenvalue weighted by Gasteiger charge is 2.36. The number of rotatable bonds is 2. The summed E-state index contributed by atoms with van der Waals surface area (Å²) in [5, 5.41) is 13.8. The SMILES string of the molecule is ClN1CCNCCNCCNCCNCC1(Cl)CC1CCCCC1. The minimum absolute atomic E-state index is 0.496. The first-order valence-electron chi connectivity index (χ1n) is 9.66. The van der Waals surface area contributed by atoms with E-state index in [1.807, 2.05) is 4.42 Å².